The molecule has 1 aromatic heterocycles. The van der Waals surface area contributed by atoms with E-state index in [4.69, 9.17) is 4.74 Å². The third-order valence-electron chi connectivity index (χ3n) is 7.29. The Morgan fingerprint density at radius 2 is 1.84 bits per heavy atom. The van der Waals surface area contributed by atoms with Gasteiger partial charge in [0.25, 0.3) is 17.6 Å². The zero-order valence-electron chi connectivity index (χ0n) is 22.2. The summed E-state index contributed by atoms with van der Waals surface area (Å²) >= 11 is 0. The second-order valence-corrected chi connectivity index (χ2v) is 10.2. The van der Waals surface area contributed by atoms with Gasteiger partial charge >= 0.3 is 0 Å². The van der Waals surface area contributed by atoms with Crippen molar-refractivity contribution in [2.75, 3.05) is 34.3 Å². The van der Waals surface area contributed by atoms with Gasteiger partial charge in [0.15, 0.2) is 0 Å². The predicted octanol–water partition coefficient (Wildman–Crippen LogP) is 2.62. The van der Waals surface area contributed by atoms with Crippen molar-refractivity contribution in [1.29, 1.82) is 0 Å². The summed E-state index contributed by atoms with van der Waals surface area (Å²) in [5.41, 5.74) is -0.181. The number of hydrogen-bond donors (Lipinski definition) is 0. The van der Waals surface area contributed by atoms with Crippen molar-refractivity contribution in [2.24, 2.45) is 7.05 Å². The number of nitrogens with zero attached hydrogens (tertiary/aromatic N) is 3. The van der Waals surface area contributed by atoms with E-state index in [9.17, 15) is 18.8 Å². The fraction of sp³-hybridized carbons (Fsp3) is 0.414. The molecule has 0 aromatic carbocycles. The lowest BCUT2D eigenvalue weighted by Crippen LogP contribution is -2.45. The van der Waals surface area contributed by atoms with E-state index in [1.54, 1.807) is 40.9 Å². The average molecular weight is 526 g/mol. The average Bonchev–Trinajstić information content (AvgIpc) is 3.02. The van der Waals surface area contributed by atoms with Gasteiger partial charge in [0.05, 0.1) is 18.2 Å². The van der Waals surface area contributed by atoms with E-state index in [1.165, 1.54) is 38.3 Å². The quantitative estimate of drug-likeness (QED) is 0.423. The highest BCUT2D eigenvalue weighted by Gasteiger charge is 2.37. The number of rotatable bonds is 6. The molecule has 1 fully saturated rings. The molecule has 0 bridgehead atoms. The molecule has 0 radical (unpaired) electrons. The number of ether oxygens (including phenoxy) is 1. The maximum atomic E-state index is 15.7. The third kappa shape index (κ3) is 5.56. The molecule has 1 aromatic rings. The Balaban J connectivity index is 1.58. The summed E-state index contributed by atoms with van der Waals surface area (Å²) in [6, 6.07) is 0. The Bertz CT molecular complexity index is 1400. The number of hydrogen-bond acceptors (Lipinski definition) is 4. The van der Waals surface area contributed by atoms with Crippen LogP contribution in [0.4, 0.5) is 8.78 Å². The minimum absolute atomic E-state index is 0.158. The number of Topliss-reactive ketones (excluding diaryl/α,β-unsaturated/α-hetero) is 1. The van der Waals surface area contributed by atoms with Crippen LogP contribution in [0, 0.1) is 0 Å². The van der Waals surface area contributed by atoms with Crippen molar-refractivity contribution in [3.63, 3.8) is 0 Å². The first-order chi connectivity index (χ1) is 18.0. The molecule has 1 saturated heterocycles. The molecule has 9 heteroatoms. The number of amides is 2. The molecule has 0 saturated carbocycles. The minimum Gasteiger partial charge on any atom is -0.500 e. The van der Waals surface area contributed by atoms with Gasteiger partial charge in [-0.2, -0.15) is 0 Å². The molecule has 2 aliphatic carbocycles. The smallest absolute Gasteiger partial charge is 0.294 e. The summed E-state index contributed by atoms with van der Waals surface area (Å²) in [6.07, 6.45) is 12.4. The minimum atomic E-state index is -1.48. The van der Waals surface area contributed by atoms with Crippen LogP contribution < -0.4 is 10.6 Å². The van der Waals surface area contributed by atoms with Gasteiger partial charge in [0.1, 0.15) is 17.3 Å². The molecule has 1 aliphatic heterocycles. The lowest BCUT2D eigenvalue weighted by molar-refractivity contribution is -0.129. The van der Waals surface area contributed by atoms with Crippen LogP contribution in [0.15, 0.2) is 53.2 Å². The molecule has 3 aliphatic rings. The molecule has 202 valence electrons. The molecule has 0 unspecified atom stereocenters. The number of alkyl halides is 1. The van der Waals surface area contributed by atoms with E-state index in [1.807, 2.05) is 6.08 Å². The first kappa shape index (κ1) is 27.3. The molecule has 0 N–H and O–H groups in total. The summed E-state index contributed by atoms with van der Waals surface area (Å²) in [4.78, 5) is 41.8. The summed E-state index contributed by atoms with van der Waals surface area (Å²) in [5, 5.41) is 1.18. The van der Waals surface area contributed by atoms with E-state index in [2.05, 4.69) is 0 Å². The van der Waals surface area contributed by atoms with E-state index < -0.39 is 17.4 Å². The van der Waals surface area contributed by atoms with Crippen molar-refractivity contribution >= 4 is 29.7 Å². The summed E-state index contributed by atoms with van der Waals surface area (Å²) in [6.45, 7) is 0.431. The van der Waals surface area contributed by atoms with Crippen LogP contribution in [0.25, 0.3) is 12.2 Å². The summed E-state index contributed by atoms with van der Waals surface area (Å²) in [5.74, 6) is -1.56. The number of allylic oxidation sites excluding steroid dienone is 7. The number of ketones is 1. The van der Waals surface area contributed by atoms with Gasteiger partial charge in [-0.25, -0.2) is 8.78 Å². The molecular weight excluding hydrogens is 492 g/mol. The number of piperidine rings is 1. The van der Waals surface area contributed by atoms with E-state index in [-0.39, 0.29) is 55.2 Å². The third-order valence-corrected chi connectivity index (χ3v) is 7.29. The number of likely N-dealkylation sites (N-methyl/N-ethyl adjacent to an activating group) is 1. The fourth-order valence-electron chi connectivity index (χ4n) is 5.10. The number of methoxy groups -OCH3 is 1. The molecule has 2 heterocycles. The number of likely N-dealkylation sites (tertiary alicyclic amines) is 1. The molecule has 4 rings (SSSR count). The molecular formula is C29H33F2N3O4. The first-order valence-corrected chi connectivity index (χ1v) is 12.6. The Kier molecular flexibility index (Phi) is 7.85. The number of fused-ring (bicyclic) bond motifs is 1. The van der Waals surface area contributed by atoms with E-state index >= 15 is 4.39 Å². The van der Waals surface area contributed by atoms with Crippen molar-refractivity contribution < 1.29 is 27.9 Å². The number of aryl methyl sites for hydroxylation is 1. The Morgan fingerprint density at radius 3 is 2.50 bits per heavy atom. The molecule has 7 nitrogen and oxygen atoms in total. The highest BCUT2D eigenvalue weighted by Crippen LogP contribution is 2.35. The predicted molar refractivity (Wildman–Crippen MR) is 141 cm³/mol. The maximum absolute atomic E-state index is 15.7. The number of halogens is 2. The zero-order chi connectivity index (χ0) is 27.6. The second kappa shape index (κ2) is 10.9. The number of carbonyl (C=O) groups is 3. The molecule has 38 heavy (non-hydrogen) atoms. The lowest BCUT2D eigenvalue weighted by Gasteiger charge is -2.37. The van der Waals surface area contributed by atoms with Gasteiger partial charge in [-0.1, -0.05) is 23.8 Å². The van der Waals surface area contributed by atoms with Crippen molar-refractivity contribution in [3.8, 4) is 0 Å². The zero-order valence-corrected chi connectivity index (χ0v) is 22.2. The first-order valence-electron chi connectivity index (χ1n) is 12.6. The van der Waals surface area contributed by atoms with Gasteiger partial charge in [-0.3, -0.25) is 14.4 Å². The highest BCUT2D eigenvalue weighted by atomic mass is 19.1. The van der Waals surface area contributed by atoms with Gasteiger partial charge < -0.3 is 19.1 Å². The van der Waals surface area contributed by atoms with Gasteiger partial charge in [-0.15, -0.1) is 0 Å². The van der Waals surface area contributed by atoms with Crippen LogP contribution in [-0.4, -0.2) is 71.9 Å². The highest BCUT2D eigenvalue weighted by molar-refractivity contribution is 6.42. The van der Waals surface area contributed by atoms with Crippen LogP contribution >= 0.6 is 0 Å². The standard InChI is InChI=1S/C29H33F2N3O4/c1-32(2)28(37)26(35)23-18-33(3)24-10-11-25(38-4)22(16-21(23)24)27(36)34-14-12-29(31,13-15-34)17-19-6-5-7-20(30)9-8-19/h5,7-10,16,18H,6,11-15,17H2,1-4H3. The Morgan fingerprint density at radius 1 is 1.13 bits per heavy atom. The van der Waals surface area contributed by atoms with E-state index in [0.29, 0.717) is 29.2 Å². The monoisotopic (exact) mass is 525 g/mol. The van der Waals surface area contributed by atoms with E-state index in [0.717, 1.165) is 5.57 Å². The second-order valence-electron chi connectivity index (χ2n) is 10.2. The largest absolute Gasteiger partial charge is 0.500 e. The SMILES string of the molecule is COC1=C(C(=O)N2CCC(F)(CC3=CC=C(F)C=CC3)CC2)C=c2c(C(=O)C(=O)N(C)C)cn(C)c2=CC1. The van der Waals surface area contributed by atoms with Crippen LogP contribution in [0.1, 0.15) is 42.5 Å². The lowest BCUT2D eigenvalue weighted by atomic mass is 9.85. The summed E-state index contributed by atoms with van der Waals surface area (Å²) < 4.78 is 36.5. The van der Waals surface area contributed by atoms with Crippen LogP contribution in [0.2, 0.25) is 0 Å². The van der Waals surface area contributed by atoms with Crippen molar-refractivity contribution in [2.45, 2.75) is 37.8 Å². The summed E-state index contributed by atoms with van der Waals surface area (Å²) in [7, 11) is 6.27. The molecule has 0 atom stereocenters. The van der Waals surface area contributed by atoms with Crippen molar-refractivity contribution in [1.82, 2.24) is 14.4 Å². The topological polar surface area (TPSA) is 71.8 Å². The fourth-order valence-corrected chi connectivity index (χ4v) is 5.10. The Labute approximate surface area is 220 Å². The van der Waals surface area contributed by atoms with Gasteiger partial charge in [0, 0.05) is 63.8 Å². The maximum Gasteiger partial charge on any atom is 0.294 e. The Hall–Kier alpha value is -3.75. The van der Waals surface area contributed by atoms with Crippen LogP contribution in [0.5, 0.6) is 0 Å². The van der Waals surface area contributed by atoms with Gasteiger partial charge in [0.2, 0.25) is 0 Å². The van der Waals surface area contributed by atoms with Crippen LogP contribution in [-0.2, 0) is 21.4 Å². The number of carbonyl (C=O) groups excluding carboxylic acids is 3. The number of aromatic nitrogens is 1. The molecule has 2 amide bonds. The van der Waals surface area contributed by atoms with Crippen molar-refractivity contribution in [3.05, 3.63) is 69.4 Å². The van der Waals surface area contributed by atoms with Crippen LogP contribution in [0.3, 0.4) is 0 Å². The molecule has 0 spiro atoms. The normalized spacial score (nSPS) is 18.7. The van der Waals surface area contributed by atoms with Gasteiger partial charge in [-0.05, 0) is 37.5 Å².